The highest BCUT2D eigenvalue weighted by molar-refractivity contribution is 7.89. The van der Waals surface area contributed by atoms with Crippen LogP contribution in [0.2, 0.25) is 0 Å². The van der Waals surface area contributed by atoms with Crippen LogP contribution in [0.25, 0.3) is 0 Å². The number of para-hydroxylation sites is 1. The molecule has 0 spiro atoms. The zero-order valence-corrected chi connectivity index (χ0v) is 13.4. The quantitative estimate of drug-likeness (QED) is 0.429. The van der Waals surface area contributed by atoms with Crippen LogP contribution in [-0.4, -0.2) is 24.8 Å². The molecule has 122 valence electrons. The molecule has 0 bridgehead atoms. The Hall–Kier alpha value is -2.54. The van der Waals surface area contributed by atoms with Gasteiger partial charge in [0.2, 0.25) is 0 Å². The Kier molecular flexibility index (Phi) is 5.23. The number of phenols is 2. The fraction of sp³-hybridized carbons (Fsp3) is 0.188. The van der Waals surface area contributed by atoms with E-state index in [1.165, 1.54) is 30.3 Å². The molecule has 23 heavy (non-hydrogen) atoms. The van der Waals surface area contributed by atoms with Crippen LogP contribution in [0.4, 0.5) is 0 Å². The van der Waals surface area contributed by atoms with Crippen molar-refractivity contribution < 1.29 is 18.6 Å². The molecule has 0 radical (unpaired) electrons. The van der Waals surface area contributed by atoms with Crippen molar-refractivity contribution in [3.63, 3.8) is 0 Å². The topological polar surface area (TPSA) is 99.0 Å². The van der Waals surface area contributed by atoms with Gasteiger partial charge in [-0.05, 0) is 36.2 Å². The van der Waals surface area contributed by atoms with Gasteiger partial charge in [-0.3, -0.25) is 0 Å². The maximum atomic E-state index is 12.1. The molecule has 0 aliphatic carbocycles. The first-order valence-electron chi connectivity index (χ1n) is 7.09. The molecule has 0 amide bonds. The van der Waals surface area contributed by atoms with Crippen LogP contribution in [0.3, 0.4) is 0 Å². The molecule has 0 heterocycles. The molecule has 0 aliphatic heterocycles. The third-order valence-electron chi connectivity index (χ3n) is 3.19. The minimum atomic E-state index is -3.78. The van der Waals surface area contributed by atoms with Crippen LogP contribution in [0, 0.1) is 0 Å². The second-order valence-electron chi connectivity index (χ2n) is 4.96. The molecule has 0 unspecified atom stereocenters. The minimum absolute atomic E-state index is 0.106. The normalized spacial score (nSPS) is 11.7. The Morgan fingerprint density at radius 1 is 1.13 bits per heavy atom. The molecular weight excluding hydrogens is 316 g/mol. The van der Waals surface area contributed by atoms with Gasteiger partial charge in [0.15, 0.2) is 11.5 Å². The third kappa shape index (κ3) is 4.23. The van der Waals surface area contributed by atoms with Crippen LogP contribution in [0.5, 0.6) is 11.5 Å². The van der Waals surface area contributed by atoms with E-state index in [1.807, 2.05) is 0 Å². The fourth-order valence-corrected chi connectivity index (χ4v) is 2.79. The van der Waals surface area contributed by atoms with Gasteiger partial charge in [0.1, 0.15) is 0 Å². The summed E-state index contributed by atoms with van der Waals surface area (Å²) in [6, 6.07) is 10.9. The van der Waals surface area contributed by atoms with Crippen LogP contribution < -0.4 is 4.83 Å². The monoisotopic (exact) mass is 334 g/mol. The molecule has 3 N–H and O–H groups in total. The number of aromatic hydroxyl groups is 2. The summed E-state index contributed by atoms with van der Waals surface area (Å²) in [5.41, 5.74) is 1.27. The first kappa shape index (κ1) is 16.8. The first-order chi connectivity index (χ1) is 10.9. The molecule has 6 nitrogen and oxygen atoms in total. The molecule has 2 aromatic carbocycles. The Morgan fingerprint density at radius 2 is 1.83 bits per heavy atom. The number of hydrogen-bond donors (Lipinski definition) is 3. The second-order valence-corrected chi connectivity index (χ2v) is 6.62. The standard InChI is InChI=1S/C16H18N2O4S/c1-2-4-12-7-9-14(10-8-12)23(21,22)18-17-11-13-5-3-6-15(19)16(13)20/h3,5-11,18-20H,2,4H2,1H3/b17-11+. The molecule has 7 heteroatoms. The van der Waals surface area contributed by atoms with Gasteiger partial charge in [-0.1, -0.05) is 31.5 Å². The van der Waals surface area contributed by atoms with E-state index in [1.54, 1.807) is 12.1 Å². The lowest BCUT2D eigenvalue weighted by Gasteiger charge is -2.05. The Bertz CT molecular complexity index is 799. The predicted octanol–water partition coefficient (Wildman–Crippen LogP) is 2.36. The average Bonchev–Trinajstić information content (AvgIpc) is 2.52. The van der Waals surface area contributed by atoms with E-state index in [2.05, 4.69) is 16.9 Å². The summed E-state index contributed by atoms with van der Waals surface area (Å²) in [4.78, 5) is 2.18. The number of hydrazone groups is 1. The number of aryl methyl sites for hydroxylation is 1. The predicted molar refractivity (Wildman–Crippen MR) is 88.1 cm³/mol. The molecule has 0 fully saturated rings. The van der Waals surface area contributed by atoms with Gasteiger partial charge in [0.25, 0.3) is 10.0 Å². The van der Waals surface area contributed by atoms with Gasteiger partial charge >= 0.3 is 0 Å². The molecule has 0 saturated heterocycles. The molecule has 0 atom stereocenters. The zero-order valence-electron chi connectivity index (χ0n) is 12.6. The Morgan fingerprint density at radius 3 is 2.48 bits per heavy atom. The van der Waals surface area contributed by atoms with Gasteiger partial charge in [-0.25, -0.2) is 4.83 Å². The summed E-state index contributed by atoms with van der Waals surface area (Å²) in [6.45, 7) is 2.05. The molecule has 0 saturated carbocycles. The maximum absolute atomic E-state index is 12.1. The van der Waals surface area contributed by atoms with Gasteiger partial charge < -0.3 is 10.2 Å². The largest absolute Gasteiger partial charge is 0.504 e. The fourth-order valence-electron chi connectivity index (χ4n) is 1.99. The summed E-state index contributed by atoms with van der Waals surface area (Å²) in [6.07, 6.45) is 3.00. The summed E-state index contributed by atoms with van der Waals surface area (Å²) >= 11 is 0. The Labute approximate surface area is 135 Å². The number of sulfonamides is 1. The molecule has 0 aliphatic rings. The average molecular weight is 334 g/mol. The van der Waals surface area contributed by atoms with Crippen molar-refractivity contribution in [2.24, 2.45) is 5.10 Å². The molecular formula is C16H18N2O4S. The van der Waals surface area contributed by atoms with Crippen LogP contribution in [-0.2, 0) is 16.4 Å². The van der Waals surface area contributed by atoms with Crippen LogP contribution >= 0.6 is 0 Å². The van der Waals surface area contributed by atoms with Gasteiger partial charge in [-0.2, -0.15) is 13.5 Å². The highest BCUT2D eigenvalue weighted by Gasteiger charge is 2.12. The van der Waals surface area contributed by atoms with Crippen LogP contribution in [0.15, 0.2) is 52.5 Å². The number of benzene rings is 2. The van der Waals surface area contributed by atoms with E-state index in [0.717, 1.165) is 24.6 Å². The van der Waals surface area contributed by atoms with E-state index < -0.39 is 10.0 Å². The van der Waals surface area contributed by atoms with Crippen molar-refractivity contribution in [2.45, 2.75) is 24.7 Å². The summed E-state index contributed by atoms with van der Waals surface area (Å²) in [7, 11) is -3.78. The van der Waals surface area contributed by atoms with Crippen LogP contribution in [0.1, 0.15) is 24.5 Å². The van der Waals surface area contributed by atoms with E-state index in [0.29, 0.717) is 0 Å². The van der Waals surface area contributed by atoms with Crippen molar-refractivity contribution in [3.8, 4) is 11.5 Å². The lowest BCUT2D eigenvalue weighted by Crippen LogP contribution is -2.18. The van der Waals surface area contributed by atoms with Crippen molar-refractivity contribution in [1.29, 1.82) is 0 Å². The zero-order chi connectivity index (χ0) is 16.9. The van der Waals surface area contributed by atoms with Gasteiger partial charge in [0, 0.05) is 5.56 Å². The molecule has 2 rings (SSSR count). The SMILES string of the molecule is CCCc1ccc(S(=O)(=O)N/N=C/c2cccc(O)c2O)cc1. The second kappa shape index (κ2) is 7.15. The lowest BCUT2D eigenvalue weighted by atomic mass is 10.1. The van der Waals surface area contributed by atoms with E-state index in [4.69, 9.17) is 0 Å². The number of nitrogens with one attached hydrogen (secondary N) is 1. The molecule has 2 aromatic rings. The number of phenolic OH excluding ortho intramolecular Hbond substituents is 2. The number of nitrogens with zero attached hydrogens (tertiary/aromatic N) is 1. The summed E-state index contributed by atoms with van der Waals surface area (Å²) in [5, 5.41) is 22.6. The highest BCUT2D eigenvalue weighted by atomic mass is 32.2. The van der Waals surface area contributed by atoms with Crippen molar-refractivity contribution >= 4 is 16.2 Å². The summed E-state index contributed by atoms with van der Waals surface area (Å²) in [5.74, 6) is -0.664. The third-order valence-corrected chi connectivity index (χ3v) is 4.43. The number of rotatable bonds is 6. The van der Waals surface area contributed by atoms with Crippen molar-refractivity contribution in [3.05, 3.63) is 53.6 Å². The van der Waals surface area contributed by atoms with E-state index >= 15 is 0 Å². The van der Waals surface area contributed by atoms with E-state index in [9.17, 15) is 18.6 Å². The van der Waals surface area contributed by atoms with E-state index in [-0.39, 0.29) is 22.0 Å². The smallest absolute Gasteiger partial charge is 0.276 e. The lowest BCUT2D eigenvalue weighted by molar-refractivity contribution is 0.403. The highest BCUT2D eigenvalue weighted by Crippen LogP contribution is 2.26. The molecule has 0 aromatic heterocycles. The maximum Gasteiger partial charge on any atom is 0.276 e. The van der Waals surface area contributed by atoms with Gasteiger partial charge in [-0.15, -0.1) is 0 Å². The first-order valence-corrected chi connectivity index (χ1v) is 8.57. The van der Waals surface area contributed by atoms with Crippen molar-refractivity contribution in [1.82, 2.24) is 4.83 Å². The Balaban J connectivity index is 2.12. The minimum Gasteiger partial charge on any atom is -0.504 e. The number of hydrogen-bond acceptors (Lipinski definition) is 5. The van der Waals surface area contributed by atoms with Crippen molar-refractivity contribution in [2.75, 3.05) is 0 Å². The van der Waals surface area contributed by atoms with Gasteiger partial charge in [0.05, 0.1) is 11.1 Å². The summed E-state index contributed by atoms with van der Waals surface area (Å²) < 4.78 is 24.2.